The van der Waals surface area contributed by atoms with Crippen molar-refractivity contribution in [2.45, 2.75) is 25.5 Å². The standard InChI is InChI=1S/C22H28N2O3/c1-26-16-17-5-7-19(8-6-17)22(25)23-15-21(24-13-3-4-14-24)18-9-11-20(27-2)12-10-18/h5-12,21H,3-4,13-16H2,1-2H3,(H,23,25)/t21-/m1/s1. The quantitative estimate of drug-likeness (QED) is 0.776. The number of nitrogens with zero attached hydrogens (tertiary/aromatic N) is 1. The van der Waals surface area contributed by atoms with Gasteiger partial charge in [-0.1, -0.05) is 24.3 Å². The number of carbonyl (C=O) groups excluding carboxylic acids is 1. The van der Waals surface area contributed by atoms with Gasteiger partial charge >= 0.3 is 0 Å². The summed E-state index contributed by atoms with van der Waals surface area (Å²) in [6.07, 6.45) is 2.42. The van der Waals surface area contributed by atoms with E-state index in [1.54, 1.807) is 14.2 Å². The van der Waals surface area contributed by atoms with Gasteiger partial charge in [0.2, 0.25) is 0 Å². The molecule has 3 rings (SSSR count). The van der Waals surface area contributed by atoms with E-state index in [1.165, 1.54) is 18.4 Å². The van der Waals surface area contributed by atoms with E-state index in [-0.39, 0.29) is 11.9 Å². The second-order valence-corrected chi connectivity index (χ2v) is 6.87. The van der Waals surface area contributed by atoms with Crippen LogP contribution in [0.3, 0.4) is 0 Å². The van der Waals surface area contributed by atoms with Crippen molar-refractivity contribution < 1.29 is 14.3 Å². The molecule has 5 heteroatoms. The van der Waals surface area contributed by atoms with Gasteiger partial charge in [-0.3, -0.25) is 9.69 Å². The molecule has 1 aliphatic heterocycles. The van der Waals surface area contributed by atoms with Crippen LogP contribution in [0.5, 0.6) is 5.75 Å². The highest BCUT2D eigenvalue weighted by Gasteiger charge is 2.24. The molecule has 1 fully saturated rings. The van der Waals surface area contributed by atoms with Crippen LogP contribution in [0.2, 0.25) is 0 Å². The minimum absolute atomic E-state index is 0.0447. The van der Waals surface area contributed by atoms with Crippen molar-refractivity contribution in [2.75, 3.05) is 33.9 Å². The molecule has 0 radical (unpaired) electrons. The average Bonchev–Trinajstić information content (AvgIpc) is 3.24. The molecule has 1 atom stereocenters. The molecule has 0 bridgehead atoms. The van der Waals surface area contributed by atoms with Gasteiger partial charge in [-0.2, -0.15) is 0 Å². The lowest BCUT2D eigenvalue weighted by atomic mass is 10.0. The van der Waals surface area contributed by atoms with E-state index in [0.717, 1.165) is 24.4 Å². The van der Waals surface area contributed by atoms with E-state index in [4.69, 9.17) is 9.47 Å². The maximum absolute atomic E-state index is 12.6. The number of benzene rings is 2. The van der Waals surface area contributed by atoms with Crippen LogP contribution < -0.4 is 10.1 Å². The van der Waals surface area contributed by atoms with E-state index >= 15 is 0 Å². The lowest BCUT2D eigenvalue weighted by molar-refractivity contribution is 0.0938. The van der Waals surface area contributed by atoms with Crippen LogP contribution in [-0.4, -0.2) is 44.7 Å². The summed E-state index contributed by atoms with van der Waals surface area (Å²) in [5.41, 5.74) is 2.93. The van der Waals surface area contributed by atoms with Crippen LogP contribution in [0.1, 0.15) is 40.4 Å². The predicted octanol–water partition coefficient (Wildman–Crippen LogP) is 3.41. The van der Waals surface area contributed by atoms with Gasteiger partial charge in [-0.25, -0.2) is 0 Å². The fraction of sp³-hybridized carbons (Fsp3) is 0.409. The number of likely N-dealkylation sites (tertiary alicyclic amines) is 1. The van der Waals surface area contributed by atoms with E-state index in [1.807, 2.05) is 36.4 Å². The summed E-state index contributed by atoms with van der Waals surface area (Å²) < 4.78 is 10.4. The number of methoxy groups -OCH3 is 2. The van der Waals surface area contributed by atoms with Crippen LogP contribution in [0.25, 0.3) is 0 Å². The smallest absolute Gasteiger partial charge is 0.251 e. The first kappa shape index (κ1) is 19.4. The molecular formula is C22H28N2O3. The molecule has 0 saturated carbocycles. The number of hydrogen-bond donors (Lipinski definition) is 1. The number of nitrogens with one attached hydrogen (secondary N) is 1. The maximum atomic E-state index is 12.6. The molecule has 0 unspecified atom stereocenters. The first-order valence-electron chi connectivity index (χ1n) is 9.45. The Bertz CT molecular complexity index is 722. The Morgan fingerprint density at radius 3 is 2.30 bits per heavy atom. The van der Waals surface area contributed by atoms with Crippen molar-refractivity contribution in [1.29, 1.82) is 0 Å². The van der Waals surface area contributed by atoms with Crippen molar-refractivity contribution in [1.82, 2.24) is 10.2 Å². The molecule has 1 aliphatic rings. The third-order valence-corrected chi connectivity index (χ3v) is 5.07. The Hall–Kier alpha value is -2.37. The fourth-order valence-corrected chi connectivity index (χ4v) is 3.55. The second kappa shape index (κ2) is 9.53. The zero-order valence-electron chi connectivity index (χ0n) is 16.1. The number of carbonyl (C=O) groups is 1. The van der Waals surface area contributed by atoms with Crippen molar-refractivity contribution in [3.8, 4) is 5.75 Å². The molecule has 2 aromatic rings. The molecule has 0 aromatic heterocycles. The largest absolute Gasteiger partial charge is 0.497 e. The molecule has 0 aliphatic carbocycles. The van der Waals surface area contributed by atoms with E-state index in [2.05, 4.69) is 22.3 Å². The van der Waals surface area contributed by atoms with Crippen molar-refractivity contribution >= 4 is 5.91 Å². The van der Waals surface area contributed by atoms with Gasteiger partial charge in [-0.15, -0.1) is 0 Å². The van der Waals surface area contributed by atoms with Crippen LogP contribution in [0, 0.1) is 0 Å². The highest BCUT2D eigenvalue weighted by Crippen LogP contribution is 2.26. The van der Waals surface area contributed by atoms with Gasteiger partial charge < -0.3 is 14.8 Å². The van der Waals surface area contributed by atoms with Crippen molar-refractivity contribution in [2.24, 2.45) is 0 Å². The van der Waals surface area contributed by atoms with Gasteiger partial charge in [0.1, 0.15) is 5.75 Å². The minimum Gasteiger partial charge on any atom is -0.497 e. The molecule has 2 aromatic carbocycles. The number of ether oxygens (including phenoxy) is 2. The van der Waals surface area contributed by atoms with Crippen molar-refractivity contribution in [3.63, 3.8) is 0 Å². The highest BCUT2D eigenvalue weighted by molar-refractivity contribution is 5.94. The molecular weight excluding hydrogens is 340 g/mol. The second-order valence-electron chi connectivity index (χ2n) is 6.87. The normalized spacial score (nSPS) is 15.5. The van der Waals surface area contributed by atoms with Crippen molar-refractivity contribution in [3.05, 3.63) is 65.2 Å². The molecule has 1 amide bonds. The summed E-state index contributed by atoms with van der Waals surface area (Å²) in [6.45, 7) is 3.28. The Morgan fingerprint density at radius 1 is 1.04 bits per heavy atom. The Kier molecular flexibility index (Phi) is 6.85. The van der Waals surface area contributed by atoms with E-state index < -0.39 is 0 Å². The van der Waals surface area contributed by atoms with Crippen LogP contribution in [-0.2, 0) is 11.3 Å². The van der Waals surface area contributed by atoms with Gasteiger partial charge in [0.25, 0.3) is 5.91 Å². The van der Waals surface area contributed by atoms with Crippen LogP contribution >= 0.6 is 0 Å². The molecule has 5 nitrogen and oxygen atoms in total. The fourth-order valence-electron chi connectivity index (χ4n) is 3.55. The molecule has 0 spiro atoms. The number of hydrogen-bond acceptors (Lipinski definition) is 4. The summed E-state index contributed by atoms with van der Waals surface area (Å²) in [5.74, 6) is 0.802. The monoisotopic (exact) mass is 368 g/mol. The summed E-state index contributed by atoms with van der Waals surface area (Å²) in [7, 11) is 3.34. The minimum atomic E-state index is -0.0447. The van der Waals surface area contributed by atoms with E-state index in [9.17, 15) is 4.79 Å². The Balaban J connectivity index is 1.67. The highest BCUT2D eigenvalue weighted by atomic mass is 16.5. The molecule has 27 heavy (non-hydrogen) atoms. The predicted molar refractivity (Wildman–Crippen MR) is 106 cm³/mol. The van der Waals surface area contributed by atoms with Gasteiger partial charge in [0.05, 0.1) is 19.8 Å². The first-order chi connectivity index (χ1) is 13.2. The van der Waals surface area contributed by atoms with Gasteiger partial charge in [-0.05, 0) is 61.3 Å². The maximum Gasteiger partial charge on any atom is 0.251 e. The first-order valence-corrected chi connectivity index (χ1v) is 9.45. The molecule has 144 valence electrons. The zero-order valence-corrected chi connectivity index (χ0v) is 16.1. The number of rotatable bonds is 8. The average molecular weight is 368 g/mol. The Labute approximate surface area is 161 Å². The third kappa shape index (κ3) is 5.08. The van der Waals surface area contributed by atoms with Crippen LogP contribution in [0.15, 0.2) is 48.5 Å². The van der Waals surface area contributed by atoms with Gasteiger partial charge in [0.15, 0.2) is 0 Å². The Morgan fingerprint density at radius 2 is 1.70 bits per heavy atom. The molecule has 1 heterocycles. The summed E-state index contributed by atoms with van der Waals surface area (Å²) in [5, 5.41) is 3.11. The number of amides is 1. The summed E-state index contributed by atoms with van der Waals surface area (Å²) >= 11 is 0. The van der Waals surface area contributed by atoms with E-state index in [0.29, 0.717) is 18.7 Å². The topological polar surface area (TPSA) is 50.8 Å². The molecule has 1 N–H and O–H groups in total. The SMILES string of the molecule is COCc1ccc(C(=O)NC[C@H](c2ccc(OC)cc2)N2CCCC2)cc1. The lowest BCUT2D eigenvalue weighted by Crippen LogP contribution is -2.36. The zero-order chi connectivity index (χ0) is 19.1. The molecule has 1 saturated heterocycles. The summed E-state index contributed by atoms with van der Waals surface area (Å²) in [6, 6.07) is 15.9. The third-order valence-electron chi connectivity index (χ3n) is 5.07. The van der Waals surface area contributed by atoms with Gasteiger partial charge in [0, 0.05) is 19.2 Å². The lowest BCUT2D eigenvalue weighted by Gasteiger charge is -2.28. The summed E-state index contributed by atoms with van der Waals surface area (Å²) in [4.78, 5) is 15.0. The van der Waals surface area contributed by atoms with Crippen LogP contribution in [0.4, 0.5) is 0 Å².